The smallest absolute Gasteiger partial charge is 0.303 e. The molecule has 9 heteroatoms. The number of nitro groups is 1. The second-order valence-electron chi connectivity index (χ2n) is 6.20. The molecule has 26 heavy (non-hydrogen) atoms. The Labute approximate surface area is 150 Å². The molecule has 1 aromatic rings. The van der Waals surface area contributed by atoms with Crippen molar-refractivity contribution in [1.29, 1.82) is 0 Å². The quantitative estimate of drug-likeness (QED) is 0.429. The number of nitrogens with one attached hydrogen (secondary N) is 1. The van der Waals surface area contributed by atoms with E-state index >= 15 is 0 Å². The molecular formula is C17H21N3O6. The van der Waals surface area contributed by atoms with Gasteiger partial charge < -0.3 is 15.3 Å². The molecule has 1 aliphatic rings. The number of rotatable bonds is 7. The van der Waals surface area contributed by atoms with Gasteiger partial charge in [-0.05, 0) is 38.3 Å². The number of carbonyl (C=O) groups excluding carboxylic acids is 2. The summed E-state index contributed by atoms with van der Waals surface area (Å²) in [5.41, 5.74) is 0.629. The van der Waals surface area contributed by atoms with Crippen LogP contribution in [-0.2, 0) is 9.59 Å². The fourth-order valence-corrected chi connectivity index (χ4v) is 3.01. The Bertz CT molecular complexity index is 733. The molecule has 2 N–H and O–H groups in total. The first kappa shape index (κ1) is 19.4. The maximum absolute atomic E-state index is 12.7. The molecule has 140 valence electrons. The molecule has 1 saturated heterocycles. The highest BCUT2D eigenvalue weighted by Gasteiger charge is 2.34. The molecule has 0 aliphatic carbocycles. The Morgan fingerprint density at radius 2 is 2.12 bits per heavy atom. The summed E-state index contributed by atoms with van der Waals surface area (Å²) in [5.74, 6) is -1.57. The standard InChI is InChI=1S/C17H21N3O6/c1-11-10-12(6-7-13(11)20(25)26)17(24)19-9-3-4-14(19)16(23)18-8-2-5-15(21)22/h6-7,10,14H,2-5,8-9H2,1H3,(H,18,23)(H,21,22). The molecule has 9 nitrogen and oxygen atoms in total. The van der Waals surface area contributed by atoms with E-state index in [-0.39, 0.29) is 30.5 Å². The minimum Gasteiger partial charge on any atom is -0.481 e. The number of aliphatic carboxylic acids is 1. The van der Waals surface area contributed by atoms with Crippen LogP contribution in [0.4, 0.5) is 5.69 Å². The minimum atomic E-state index is -0.925. The van der Waals surface area contributed by atoms with Gasteiger partial charge in [-0.25, -0.2) is 0 Å². The number of amides is 2. The Morgan fingerprint density at radius 3 is 2.73 bits per heavy atom. The molecule has 0 radical (unpaired) electrons. The molecule has 2 amide bonds. The number of aryl methyl sites for hydroxylation is 1. The van der Waals surface area contributed by atoms with Gasteiger partial charge in [-0.1, -0.05) is 0 Å². The van der Waals surface area contributed by atoms with E-state index in [9.17, 15) is 24.5 Å². The van der Waals surface area contributed by atoms with Crippen LogP contribution in [0.3, 0.4) is 0 Å². The lowest BCUT2D eigenvalue weighted by atomic mass is 10.1. The van der Waals surface area contributed by atoms with Gasteiger partial charge >= 0.3 is 5.97 Å². The Balaban J connectivity index is 2.03. The number of nitrogens with zero attached hydrogens (tertiary/aromatic N) is 2. The van der Waals surface area contributed by atoms with Crippen LogP contribution in [0.2, 0.25) is 0 Å². The van der Waals surface area contributed by atoms with Gasteiger partial charge in [0.2, 0.25) is 5.91 Å². The summed E-state index contributed by atoms with van der Waals surface area (Å²) in [6.45, 7) is 2.23. The average molecular weight is 363 g/mol. The number of carboxylic acids is 1. The summed E-state index contributed by atoms with van der Waals surface area (Å²) < 4.78 is 0. The largest absolute Gasteiger partial charge is 0.481 e. The van der Waals surface area contributed by atoms with E-state index in [1.165, 1.54) is 23.1 Å². The zero-order valence-electron chi connectivity index (χ0n) is 14.4. The predicted octanol–water partition coefficient (Wildman–Crippen LogP) is 1.49. The minimum absolute atomic E-state index is 0.0321. The van der Waals surface area contributed by atoms with Crippen LogP contribution in [0, 0.1) is 17.0 Å². The molecule has 1 aromatic carbocycles. The van der Waals surface area contributed by atoms with Crippen molar-refractivity contribution in [2.24, 2.45) is 0 Å². The Kier molecular flexibility index (Phi) is 6.26. The molecule has 0 bridgehead atoms. The van der Waals surface area contributed by atoms with E-state index in [4.69, 9.17) is 5.11 Å². The third kappa shape index (κ3) is 4.56. The number of hydrogen-bond donors (Lipinski definition) is 2. The van der Waals surface area contributed by atoms with Crippen LogP contribution >= 0.6 is 0 Å². The highest BCUT2D eigenvalue weighted by molar-refractivity contribution is 5.98. The molecule has 1 atom stereocenters. The number of carbonyl (C=O) groups is 3. The average Bonchev–Trinajstić information content (AvgIpc) is 3.07. The lowest BCUT2D eigenvalue weighted by Gasteiger charge is -2.24. The topological polar surface area (TPSA) is 130 Å². The fraction of sp³-hybridized carbons (Fsp3) is 0.471. The third-order valence-electron chi connectivity index (χ3n) is 4.32. The van der Waals surface area contributed by atoms with Crippen molar-refractivity contribution in [2.75, 3.05) is 13.1 Å². The van der Waals surface area contributed by atoms with Crippen LogP contribution in [0.5, 0.6) is 0 Å². The first-order valence-electron chi connectivity index (χ1n) is 8.36. The Hall–Kier alpha value is -2.97. The lowest BCUT2D eigenvalue weighted by molar-refractivity contribution is -0.385. The molecular weight excluding hydrogens is 342 g/mol. The van der Waals surface area contributed by atoms with E-state index < -0.39 is 16.9 Å². The fourth-order valence-electron chi connectivity index (χ4n) is 3.01. The van der Waals surface area contributed by atoms with E-state index in [2.05, 4.69) is 5.32 Å². The van der Waals surface area contributed by atoms with Crippen LogP contribution in [-0.4, -0.2) is 51.8 Å². The SMILES string of the molecule is Cc1cc(C(=O)N2CCCC2C(=O)NCCCC(=O)O)ccc1[N+](=O)[O-]. The predicted molar refractivity (Wildman–Crippen MR) is 91.8 cm³/mol. The summed E-state index contributed by atoms with van der Waals surface area (Å²) in [5, 5.41) is 22.2. The second-order valence-corrected chi connectivity index (χ2v) is 6.20. The Morgan fingerprint density at radius 1 is 1.38 bits per heavy atom. The summed E-state index contributed by atoms with van der Waals surface area (Å²) >= 11 is 0. The number of carboxylic acid groups (broad SMARTS) is 1. The van der Waals surface area contributed by atoms with Gasteiger partial charge in [0.05, 0.1) is 4.92 Å². The van der Waals surface area contributed by atoms with Crippen molar-refractivity contribution in [3.8, 4) is 0 Å². The van der Waals surface area contributed by atoms with E-state index in [0.717, 1.165) is 0 Å². The van der Waals surface area contributed by atoms with Crippen molar-refractivity contribution >= 4 is 23.5 Å². The van der Waals surface area contributed by atoms with Gasteiger partial charge in [0.1, 0.15) is 6.04 Å². The summed E-state index contributed by atoms with van der Waals surface area (Å²) in [4.78, 5) is 47.3. The maximum Gasteiger partial charge on any atom is 0.303 e. The summed E-state index contributed by atoms with van der Waals surface area (Å²) in [6, 6.07) is 3.54. The number of benzene rings is 1. The van der Waals surface area contributed by atoms with Gasteiger partial charge in [0.15, 0.2) is 0 Å². The van der Waals surface area contributed by atoms with Crippen molar-refractivity contribution in [3.63, 3.8) is 0 Å². The van der Waals surface area contributed by atoms with Crippen molar-refractivity contribution in [1.82, 2.24) is 10.2 Å². The van der Waals surface area contributed by atoms with Gasteiger partial charge in [-0.3, -0.25) is 24.5 Å². The lowest BCUT2D eigenvalue weighted by Crippen LogP contribution is -2.46. The van der Waals surface area contributed by atoms with E-state index in [1.807, 2.05) is 0 Å². The zero-order chi connectivity index (χ0) is 19.3. The maximum atomic E-state index is 12.7. The first-order valence-corrected chi connectivity index (χ1v) is 8.36. The number of hydrogen-bond acceptors (Lipinski definition) is 5. The van der Waals surface area contributed by atoms with Crippen LogP contribution in [0.15, 0.2) is 18.2 Å². The first-order chi connectivity index (χ1) is 12.3. The van der Waals surface area contributed by atoms with Gasteiger partial charge in [0.25, 0.3) is 11.6 Å². The molecule has 1 heterocycles. The molecule has 1 fully saturated rings. The van der Waals surface area contributed by atoms with Crippen molar-refractivity contribution in [3.05, 3.63) is 39.4 Å². The third-order valence-corrected chi connectivity index (χ3v) is 4.32. The molecule has 0 aromatic heterocycles. The van der Waals surface area contributed by atoms with Crippen LogP contribution in [0.25, 0.3) is 0 Å². The molecule has 1 aliphatic heterocycles. The molecule has 0 saturated carbocycles. The van der Waals surface area contributed by atoms with Crippen LogP contribution in [0.1, 0.15) is 41.6 Å². The number of likely N-dealkylation sites (tertiary alicyclic amines) is 1. The molecule has 0 spiro atoms. The van der Waals surface area contributed by atoms with Crippen molar-refractivity contribution < 1.29 is 24.4 Å². The van der Waals surface area contributed by atoms with Crippen molar-refractivity contribution in [2.45, 2.75) is 38.6 Å². The highest BCUT2D eigenvalue weighted by Crippen LogP contribution is 2.24. The highest BCUT2D eigenvalue weighted by atomic mass is 16.6. The molecule has 1 unspecified atom stereocenters. The molecule has 2 rings (SSSR count). The second kappa shape index (κ2) is 8.41. The summed E-state index contributed by atoms with van der Waals surface area (Å²) in [7, 11) is 0. The van der Waals surface area contributed by atoms with Gasteiger partial charge in [0, 0.05) is 36.7 Å². The van der Waals surface area contributed by atoms with Crippen LogP contribution < -0.4 is 5.32 Å². The normalized spacial score (nSPS) is 16.3. The monoisotopic (exact) mass is 363 g/mol. The van der Waals surface area contributed by atoms with E-state index in [1.54, 1.807) is 6.92 Å². The number of nitro benzene ring substituents is 1. The van der Waals surface area contributed by atoms with E-state index in [0.29, 0.717) is 36.9 Å². The van der Waals surface area contributed by atoms with Gasteiger partial charge in [-0.15, -0.1) is 0 Å². The summed E-state index contributed by atoms with van der Waals surface area (Å²) in [6.07, 6.45) is 1.51. The van der Waals surface area contributed by atoms with Gasteiger partial charge in [-0.2, -0.15) is 0 Å². The zero-order valence-corrected chi connectivity index (χ0v) is 14.4.